The van der Waals surface area contributed by atoms with Gasteiger partial charge in [-0.3, -0.25) is 4.68 Å². The van der Waals surface area contributed by atoms with Crippen molar-refractivity contribution in [2.24, 2.45) is 13.0 Å². The molecule has 1 heterocycles. The highest BCUT2D eigenvalue weighted by Gasteiger charge is 2.16. The van der Waals surface area contributed by atoms with Gasteiger partial charge in [0.05, 0.1) is 12.3 Å². The maximum absolute atomic E-state index is 6.21. The standard InChI is InChI=1S/C13H24ClN3O/c1-6-18-8-12(9(2)3)15-7-11-10(4)16-17(5)13(11)14/h9,12,15H,6-8H2,1-5H3. The molecule has 0 saturated carbocycles. The Labute approximate surface area is 115 Å². The van der Waals surface area contributed by atoms with E-state index in [0.29, 0.717) is 17.1 Å². The number of aryl methyl sites for hydroxylation is 2. The number of nitrogens with zero attached hydrogens (tertiary/aromatic N) is 2. The van der Waals surface area contributed by atoms with Crippen molar-refractivity contribution in [3.05, 3.63) is 16.4 Å². The van der Waals surface area contributed by atoms with E-state index in [1.807, 2.05) is 20.9 Å². The second kappa shape index (κ2) is 7.12. The Kier molecular flexibility index (Phi) is 6.12. The fourth-order valence-electron chi connectivity index (χ4n) is 1.84. The van der Waals surface area contributed by atoms with Crippen molar-refractivity contribution in [2.75, 3.05) is 13.2 Å². The molecule has 1 rings (SSSR count). The maximum atomic E-state index is 6.21. The lowest BCUT2D eigenvalue weighted by molar-refractivity contribution is 0.108. The summed E-state index contributed by atoms with van der Waals surface area (Å²) in [6.45, 7) is 10.6. The summed E-state index contributed by atoms with van der Waals surface area (Å²) in [7, 11) is 1.86. The molecule has 0 spiro atoms. The van der Waals surface area contributed by atoms with Crippen LogP contribution in [0.5, 0.6) is 0 Å². The van der Waals surface area contributed by atoms with Gasteiger partial charge in [0.2, 0.25) is 0 Å². The molecule has 0 bridgehead atoms. The first-order valence-corrected chi connectivity index (χ1v) is 6.84. The van der Waals surface area contributed by atoms with Crippen LogP contribution in [0.15, 0.2) is 0 Å². The van der Waals surface area contributed by atoms with Crippen LogP contribution in [0.4, 0.5) is 0 Å². The molecule has 0 aliphatic carbocycles. The van der Waals surface area contributed by atoms with Gasteiger partial charge >= 0.3 is 0 Å². The second-order valence-electron chi connectivity index (χ2n) is 4.87. The van der Waals surface area contributed by atoms with Crippen molar-refractivity contribution >= 4 is 11.6 Å². The molecule has 0 aromatic carbocycles. The van der Waals surface area contributed by atoms with Gasteiger partial charge in [0.25, 0.3) is 0 Å². The van der Waals surface area contributed by atoms with E-state index >= 15 is 0 Å². The van der Waals surface area contributed by atoms with E-state index in [1.54, 1.807) is 4.68 Å². The summed E-state index contributed by atoms with van der Waals surface area (Å²) in [6.07, 6.45) is 0. The highest BCUT2D eigenvalue weighted by atomic mass is 35.5. The van der Waals surface area contributed by atoms with E-state index in [9.17, 15) is 0 Å². The molecule has 0 saturated heterocycles. The lowest BCUT2D eigenvalue weighted by atomic mass is 10.1. The molecule has 1 aromatic rings. The summed E-state index contributed by atoms with van der Waals surface area (Å²) < 4.78 is 7.20. The maximum Gasteiger partial charge on any atom is 0.131 e. The van der Waals surface area contributed by atoms with Gasteiger partial charge in [-0.15, -0.1) is 0 Å². The lowest BCUT2D eigenvalue weighted by Crippen LogP contribution is -2.37. The molecule has 104 valence electrons. The normalized spacial score (nSPS) is 13.3. The smallest absolute Gasteiger partial charge is 0.131 e. The summed E-state index contributed by atoms with van der Waals surface area (Å²) in [5.74, 6) is 0.521. The van der Waals surface area contributed by atoms with Crippen molar-refractivity contribution in [3.8, 4) is 0 Å². The number of hydrogen-bond acceptors (Lipinski definition) is 3. The fourth-order valence-corrected chi connectivity index (χ4v) is 2.08. The Morgan fingerprint density at radius 3 is 2.56 bits per heavy atom. The Morgan fingerprint density at radius 2 is 2.11 bits per heavy atom. The molecule has 0 amide bonds. The van der Waals surface area contributed by atoms with Gasteiger partial charge in [0.1, 0.15) is 5.15 Å². The van der Waals surface area contributed by atoms with Crippen LogP contribution in [0.25, 0.3) is 0 Å². The highest BCUT2D eigenvalue weighted by Crippen LogP contribution is 2.18. The zero-order chi connectivity index (χ0) is 13.7. The minimum atomic E-state index is 0.334. The summed E-state index contributed by atoms with van der Waals surface area (Å²) in [5.41, 5.74) is 2.05. The van der Waals surface area contributed by atoms with Crippen molar-refractivity contribution in [3.63, 3.8) is 0 Å². The number of nitrogens with one attached hydrogen (secondary N) is 1. The van der Waals surface area contributed by atoms with Gasteiger partial charge in [-0.05, 0) is 19.8 Å². The zero-order valence-corrected chi connectivity index (χ0v) is 12.7. The molecule has 1 unspecified atom stereocenters. The Balaban J connectivity index is 2.61. The van der Waals surface area contributed by atoms with Crippen LogP contribution < -0.4 is 5.32 Å². The Morgan fingerprint density at radius 1 is 1.44 bits per heavy atom. The number of aromatic nitrogens is 2. The van der Waals surface area contributed by atoms with Crippen LogP contribution in [0.1, 0.15) is 32.0 Å². The third-order valence-corrected chi connectivity index (χ3v) is 3.59. The summed E-state index contributed by atoms with van der Waals surface area (Å²) in [4.78, 5) is 0. The molecule has 1 atom stereocenters. The first-order valence-electron chi connectivity index (χ1n) is 6.46. The van der Waals surface area contributed by atoms with Crippen LogP contribution in [-0.4, -0.2) is 29.0 Å². The summed E-state index contributed by atoms with van der Waals surface area (Å²) in [5, 5.41) is 8.52. The van der Waals surface area contributed by atoms with E-state index in [1.165, 1.54) is 0 Å². The van der Waals surface area contributed by atoms with E-state index < -0.39 is 0 Å². The third kappa shape index (κ3) is 3.97. The van der Waals surface area contributed by atoms with E-state index in [-0.39, 0.29) is 0 Å². The second-order valence-corrected chi connectivity index (χ2v) is 5.23. The van der Waals surface area contributed by atoms with Gasteiger partial charge in [-0.25, -0.2) is 0 Å². The monoisotopic (exact) mass is 273 g/mol. The van der Waals surface area contributed by atoms with Gasteiger partial charge in [-0.2, -0.15) is 5.10 Å². The Hall–Kier alpha value is -0.580. The Bertz CT molecular complexity index is 377. The van der Waals surface area contributed by atoms with Crippen molar-refractivity contribution in [1.82, 2.24) is 15.1 Å². The first-order chi connectivity index (χ1) is 8.47. The van der Waals surface area contributed by atoms with Crippen LogP contribution in [0, 0.1) is 12.8 Å². The van der Waals surface area contributed by atoms with Crippen LogP contribution in [0.2, 0.25) is 5.15 Å². The lowest BCUT2D eigenvalue weighted by Gasteiger charge is -2.22. The number of halogens is 1. The van der Waals surface area contributed by atoms with Crippen molar-refractivity contribution in [1.29, 1.82) is 0 Å². The van der Waals surface area contributed by atoms with E-state index in [0.717, 1.165) is 31.0 Å². The average molecular weight is 274 g/mol. The quantitative estimate of drug-likeness (QED) is 0.830. The van der Waals surface area contributed by atoms with Gasteiger partial charge in [-0.1, -0.05) is 25.4 Å². The van der Waals surface area contributed by atoms with E-state index in [2.05, 4.69) is 24.3 Å². The molecule has 0 radical (unpaired) electrons. The third-order valence-electron chi connectivity index (χ3n) is 3.12. The summed E-state index contributed by atoms with van der Waals surface area (Å²) >= 11 is 6.21. The summed E-state index contributed by atoms with van der Waals surface area (Å²) in [6, 6.07) is 0.334. The molecule has 0 fully saturated rings. The number of hydrogen-bond donors (Lipinski definition) is 1. The van der Waals surface area contributed by atoms with Gasteiger partial charge in [0.15, 0.2) is 0 Å². The highest BCUT2D eigenvalue weighted by molar-refractivity contribution is 6.30. The van der Waals surface area contributed by atoms with Gasteiger partial charge in [0, 0.05) is 31.8 Å². The SMILES string of the molecule is CCOCC(NCc1c(C)nn(C)c1Cl)C(C)C. The molecule has 4 nitrogen and oxygen atoms in total. The minimum Gasteiger partial charge on any atom is -0.380 e. The molecule has 0 aliphatic rings. The molecular formula is C13H24ClN3O. The van der Waals surface area contributed by atoms with Crippen molar-refractivity contribution in [2.45, 2.75) is 40.3 Å². The molecule has 0 aliphatic heterocycles. The van der Waals surface area contributed by atoms with Crippen LogP contribution >= 0.6 is 11.6 Å². The average Bonchev–Trinajstić information content (AvgIpc) is 2.54. The zero-order valence-electron chi connectivity index (χ0n) is 12.0. The topological polar surface area (TPSA) is 39.1 Å². The molecular weight excluding hydrogens is 250 g/mol. The molecule has 1 N–H and O–H groups in total. The minimum absolute atomic E-state index is 0.334. The van der Waals surface area contributed by atoms with E-state index in [4.69, 9.17) is 16.3 Å². The first kappa shape index (κ1) is 15.5. The molecule has 5 heteroatoms. The van der Waals surface area contributed by atoms with Crippen molar-refractivity contribution < 1.29 is 4.74 Å². The number of ether oxygens (including phenoxy) is 1. The molecule has 18 heavy (non-hydrogen) atoms. The predicted octanol–water partition coefficient (Wildman–Crippen LogP) is 2.53. The fraction of sp³-hybridized carbons (Fsp3) is 0.769. The number of rotatable bonds is 7. The van der Waals surface area contributed by atoms with Crippen LogP contribution in [-0.2, 0) is 18.3 Å². The van der Waals surface area contributed by atoms with Gasteiger partial charge < -0.3 is 10.1 Å². The van der Waals surface area contributed by atoms with Crippen LogP contribution in [0.3, 0.4) is 0 Å². The predicted molar refractivity (Wildman–Crippen MR) is 74.9 cm³/mol. The largest absolute Gasteiger partial charge is 0.380 e. The molecule has 1 aromatic heterocycles.